The topological polar surface area (TPSA) is 109 Å². The molecule has 0 saturated heterocycles. The lowest BCUT2D eigenvalue weighted by molar-refractivity contribution is 0.262. The molecule has 8 nitrogen and oxygen atoms in total. The number of carbonyl (C=O) groups is 1. The minimum absolute atomic E-state index is 0.388. The average Bonchev–Trinajstić information content (AvgIpc) is 2.80. The van der Waals surface area contributed by atoms with Gasteiger partial charge in [-0.1, -0.05) is 0 Å². The molecule has 0 bridgehead atoms. The van der Waals surface area contributed by atoms with E-state index in [1.807, 2.05) is 12.1 Å². The molecule has 1 aromatic heterocycles. The monoisotopic (exact) mass is 411 g/mol. The van der Waals surface area contributed by atoms with Gasteiger partial charge in [0.2, 0.25) is 5.88 Å². The number of ether oxygens (including phenoxy) is 2. The molecule has 4 aromatic rings. The summed E-state index contributed by atoms with van der Waals surface area (Å²) in [5.41, 5.74) is 3.12. The highest BCUT2D eigenvalue weighted by Crippen LogP contribution is 2.26. The van der Waals surface area contributed by atoms with Crippen LogP contribution < -0.4 is 20.1 Å². The Labute approximate surface area is 178 Å². The first-order valence-electron chi connectivity index (χ1n) is 9.30. The molecule has 2 N–H and O–H groups in total. The summed E-state index contributed by atoms with van der Waals surface area (Å²) in [6, 6.07) is 20.6. The van der Waals surface area contributed by atoms with Crippen LogP contribution >= 0.6 is 0 Å². The maximum Gasteiger partial charge on any atom is 0.323 e. The zero-order valence-electron chi connectivity index (χ0n) is 16.5. The fourth-order valence-electron chi connectivity index (χ4n) is 2.80. The second-order valence-corrected chi connectivity index (χ2v) is 6.46. The molecule has 0 unspecified atom stereocenters. The number of carbonyl (C=O) groups excluding carboxylic acids is 1. The highest BCUT2D eigenvalue weighted by Gasteiger charge is 2.06. The van der Waals surface area contributed by atoms with E-state index < -0.39 is 0 Å². The van der Waals surface area contributed by atoms with Crippen LogP contribution in [0.4, 0.5) is 16.2 Å². The van der Waals surface area contributed by atoms with E-state index >= 15 is 0 Å². The Hall–Kier alpha value is -4.64. The molecule has 152 valence electrons. The van der Waals surface area contributed by atoms with Crippen molar-refractivity contribution in [1.29, 1.82) is 5.26 Å². The van der Waals surface area contributed by atoms with Gasteiger partial charge >= 0.3 is 6.03 Å². The molecule has 8 heteroatoms. The predicted molar refractivity (Wildman–Crippen MR) is 116 cm³/mol. The van der Waals surface area contributed by atoms with E-state index in [0.717, 1.165) is 5.52 Å². The van der Waals surface area contributed by atoms with Crippen molar-refractivity contribution in [2.75, 3.05) is 17.7 Å². The molecule has 0 saturated carbocycles. The fourth-order valence-corrected chi connectivity index (χ4v) is 2.80. The molecule has 0 aliphatic carbocycles. The van der Waals surface area contributed by atoms with E-state index in [-0.39, 0.29) is 6.03 Å². The number of nitriles is 1. The largest absolute Gasteiger partial charge is 0.480 e. The summed E-state index contributed by atoms with van der Waals surface area (Å²) in [6.45, 7) is 0. The van der Waals surface area contributed by atoms with Gasteiger partial charge in [0.15, 0.2) is 0 Å². The number of urea groups is 1. The number of nitrogens with one attached hydrogen (secondary N) is 2. The summed E-state index contributed by atoms with van der Waals surface area (Å²) in [5.74, 6) is 1.64. The minimum atomic E-state index is -0.388. The quantitative estimate of drug-likeness (QED) is 0.481. The van der Waals surface area contributed by atoms with Crippen LogP contribution in [-0.4, -0.2) is 23.1 Å². The first-order valence-corrected chi connectivity index (χ1v) is 9.30. The SMILES string of the molecule is COc1cnc2ccc(Oc3ccc(NC(=O)Nc4ccc(C#N)cc4)cc3)cc2n1. The number of fused-ring (bicyclic) bond motifs is 1. The summed E-state index contributed by atoms with van der Waals surface area (Å²) in [7, 11) is 1.54. The third kappa shape index (κ3) is 4.86. The van der Waals surface area contributed by atoms with Crippen LogP contribution in [0.5, 0.6) is 17.4 Å². The summed E-state index contributed by atoms with van der Waals surface area (Å²) in [5, 5.41) is 14.3. The number of anilines is 2. The molecule has 0 fully saturated rings. The lowest BCUT2D eigenvalue weighted by atomic mass is 10.2. The summed E-state index contributed by atoms with van der Waals surface area (Å²) in [4.78, 5) is 20.8. The van der Waals surface area contributed by atoms with Crippen molar-refractivity contribution in [2.45, 2.75) is 0 Å². The Morgan fingerprint density at radius 1 is 0.903 bits per heavy atom. The van der Waals surface area contributed by atoms with Gasteiger partial charge in [-0.15, -0.1) is 0 Å². The van der Waals surface area contributed by atoms with Gasteiger partial charge in [-0.2, -0.15) is 5.26 Å². The van der Waals surface area contributed by atoms with E-state index in [1.165, 1.54) is 7.11 Å². The first kappa shape index (κ1) is 19.7. The lowest BCUT2D eigenvalue weighted by Crippen LogP contribution is -2.19. The molecule has 31 heavy (non-hydrogen) atoms. The maximum atomic E-state index is 12.1. The van der Waals surface area contributed by atoms with Gasteiger partial charge in [0.05, 0.1) is 36.0 Å². The van der Waals surface area contributed by atoms with Crippen molar-refractivity contribution >= 4 is 28.4 Å². The number of nitrogens with zero attached hydrogens (tertiary/aromatic N) is 3. The van der Waals surface area contributed by atoms with Crippen LogP contribution in [0.2, 0.25) is 0 Å². The Balaban J connectivity index is 1.39. The predicted octanol–water partition coefficient (Wildman–Crippen LogP) is 4.95. The lowest BCUT2D eigenvalue weighted by Gasteiger charge is -2.10. The number of hydrogen-bond donors (Lipinski definition) is 2. The normalized spacial score (nSPS) is 10.2. The van der Waals surface area contributed by atoms with E-state index in [2.05, 4.69) is 20.6 Å². The Morgan fingerprint density at radius 2 is 1.55 bits per heavy atom. The van der Waals surface area contributed by atoms with Crippen molar-refractivity contribution in [2.24, 2.45) is 0 Å². The van der Waals surface area contributed by atoms with Gasteiger partial charge in [-0.3, -0.25) is 0 Å². The number of amides is 2. The summed E-state index contributed by atoms with van der Waals surface area (Å²) < 4.78 is 11.0. The smallest absolute Gasteiger partial charge is 0.323 e. The summed E-state index contributed by atoms with van der Waals surface area (Å²) in [6.07, 6.45) is 1.56. The van der Waals surface area contributed by atoms with Gasteiger partial charge in [-0.25, -0.2) is 14.8 Å². The van der Waals surface area contributed by atoms with Crippen molar-refractivity contribution in [3.8, 4) is 23.4 Å². The van der Waals surface area contributed by atoms with Crippen LogP contribution in [0.25, 0.3) is 11.0 Å². The van der Waals surface area contributed by atoms with Crippen LogP contribution in [0, 0.1) is 11.3 Å². The Bertz CT molecular complexity index is 1270. The zero-order valence-corrected chi connectivity index (χ0v) is 16.5. The van der Waals surface area contributed by atoms with Crippen LogP contribution in [-0.2, 0) is 0 Å². The molecule has 0 radical (unpaired) electrons. The molecular weight excluding hydrogens is 394 g/mol. The Morgan fingerprint density at radius 3 is 2.19 bits per heavy atom. The molecule has 4 rings (SSSR count). The standard InChI is InChI=1S/C23H17N5O3/c1-30-22-14-25-20-11-10-19(12-21(20)28-22)31-18-8-6-17(7-9-18)27-23(29)26-16-4-2-15(13-24)3-5-16/h2-12,14H,1H3,(H2,26,27,29). The molecule has 0 atom stereocenters. The van der Waals surface area contributed by atoms with E-state index in [9.17, 15) is 4.79 Å². The van der Waals surface area contributed by atoms with Gasteiger partial charge < -0.3 is 20.1 Å². The second-order valence-electron chi connectivity index (χ2n) is 6.46. The van der Waals surface area contributed by atoms with Crippen molar-refractivity contribution in [3.05, 3.63) is 78.5 Å². The van der Waals surface area contributed by atoms with E-state index in [1.54, 1.807) is 66.9 Å². The third-order valence-electron chi connectivity index (χ3n) is 4.32. The average molecular weight is 411 g/mol. The van der Waals surface area contributed by atoms with Gasteiger partial charge in [0.1, 0.15) is 11.5 Å². The highest BCUT2D eigenvalue weighted by atomic mass is 16.5. The van der Waals surface area contributed by atoms with Crippen molar-refractivity contribution < 1.29 is 14.3 Å². The van der Waals surface area contributed by atoms with Crippen molar-refractivity contribution in [1.82, 2.24) is 9.97 Å². The number of benzene rings is 3. The molecule has 2 amide bonds. The number of hydrogen-bond acceptors (Lipinski definition) is 6. The molecule has 1 heterocycles. The zero-order chi connectivity index (χ0) is 21.6. The maximum absolute atomic E-state index is 12.1. The number of rotatable bonds is 5. The molecular formula is C23H17N5O3. The first-order chi connectivity index (χ1) is 15.1. The van der Waals surface area contributed by atoms with Gasteiger partial charge in [0.25, 0.3) is 0 Å². The minimum Gasteiger partial charge on any atom is -0.480 e. The molecule has 0 aliphatic rings. The number of aromatic nitrogens is 2. The van der Waals surface area contributed by atoms with Gasteiger partial charge in [-0.05, 0) is 60.7 Å². The fraction of sp³-hybridized carbons (Fsp3) is 0.0435. The van der Waals surface area contributed by atoms with Gasteiger partial charge in [0, 0.05) is 17.4 Å². The second kappa shape index (κ2) is 8.80. The van der Waals surface area contributed by atoms with Crippen molar-refractivity contribution in [3.63, 3.8) is 0 Å². The molecule has 3 aromatic carbocycles. The van der Waals surface area contributed by atoms with Crippen LogP contribution in [0.1, 0.15) is 5.56 Å². The third-order valence-corrected chi connectivity index (χ3v) is 4.32. The molecule has 0 aliphatic heterocycles. The van der Waals surface area contributed by atoms with E-state index in [4.69, 9.17) is 14.7 Å². The van der Waals surface area contributed by atoms with Crippen LogP contribution in [0.3, 0.4) is 0 Å². The van der Waals surface area contributed by atoms with E-state index in [0.29, 0.717) is 39.8 Å². The Kier molecular flexibility index (Phi) is 5.58. The van der Waals surface area contributed by atoms with Crippen LogP contribution in [0.15, 0.2) is 72.9 Å². The summed E-state index contributed by atoms with van der Waals surface area (Å²) >= 11 is 0. The number of methoxy groups -OCH3 is 1. The molecule has 0 spiro atoms. The highest BCUT2D eigenvalue weighted by molar-refractivity contribution is 5.99.